The van der Waals surface area contributed by atoms with Gasteiger partial charge in [0.2, 0.25) is 0 Å². The maximum Gasteiger partial charge on any atom is 0.339 e. The number of halogens is 1. The molecule has 2 aromatic heterocycles. The number of hydrogen-bond donors (Lipinski definition) is 2. The van der Waals surface area contributed by atoms with Gasteiger partial charge in [0.1, 0.15) is 11.5 Å². The Morgan fingerprint density at radius 2 is 1.72 bits per heavy atom. The van der Waals surface area contributed by atoms with Gasteiger partial charge < -0.3 is 9.15 Å². The molecule has 32 heavy (non-hydrogen) atoms. The van der Waals surface area contributed by atoms with E-state index in [0.29, 0.717) is 22.4 Å². The second-order valence-corrected chi connectivity index (χ2v) is 6.61. The van der Waals surface area contributed by atoms with Gasteiger partial charge >= 0.3 is 5.97 Å². The normalized spacial score (nSPS) is 10.5. The van der Waals surface area contributed by atoms with Crippen LogP contribution in [-0.4, -0.2) is 29.4 Å². The number of rotatable bonds is 5. The first kappa shape index (κ1) is 20.7. The van der Waals surface area contributed by atoms with Crippen LogP contribution in [0.4, 0.5) is 4.39 Å². The van der Waals surface area contributed by atoms with E-state index in [-0.39, 0.29) is 11.1 Å². The third-order valence-electron chi connectivity index (χ3n) is 4.48. The van der Waals surface area contributed by atoms with E-state index in [1.54, 1.807) is 36.4 Å². The van der Waals surface area contributed by atoms with Gasteiger partial charge in [0.15, 0.2) is 12.4 Å². The third-order valence-corrected chi connectivity index (χ3v) is 4.48. The van der Waals surface area contributed by atoms with E-state index in [9.17, 15) is 18.8 Å². The van der Waals surface area contributed by atoms with Gasteiger partial charge in [-0.2, -0.15) is 0 Å². The van der Waals surface area contributed by atoms with Crippen molar-refractivity contribution >= 4 is 28.7 Å². The highest BCUT2D eigenvalue weighted by Gasteiger charge is 2.18. The number of para-hydroxylation sites is 1. The van der Waals surface area contributed by atoms with Gasteiger partial charge in [0, 0.05) is 5.39 Å². The quantitative estimate of drug-likeness (QED) is 0.369. The molecule has 9 heteroatoms. The topological polar surface area (TPSA) is 111 Å². The summed E-state index contributed by atoms with van der Waals surface area (Å²) in [6, 6.07) is 17.2. The molecule has 0 radical (unpaired) electrons. The zero-order chi connectivity index (χ0) is 22.5. The number of furan rings is 1. The lowest BCUT2D eigenvalue weighted by molar-refractivity contribution is -0.125. The lowest BCUT2D eigenvalue weighted by Gasteiger charge is -2.10. The Morgan fingerprint density at radius 3 is 2.50 bits per heavy atom. The van der Waals surface area contributed by atoms with E-state index >= 15 is 0 Å². The van der Waals surface area contributed by atoms with Crippen LogP contribution >= 0.6 is 0 Å². The van der Waals surface area contributed by atoms with Crippen LogP contribution in [0.3, 0.4) is 0 Å². The van der Waals surface area contributed by atoms with Crippen molar-refractivity contribution in [2.45, 2.75) is 0 Å². The molecule has 2 amide bonds. The zero-order valence-electron chi connectivity index (χ0n) is 16.5. The average Bonchev–Trinajstić information content (AvgIpc) is 3.35. The number of pyridine rings is 1. The third kappa shape index (κ3) is 4.46. The average molecular weight is 433 g/mol. The van der Waals surface area contributed by atoms with Crippen molar-refractivity contribution in [1.29, 1.82) is 0 Å². The summed E-state index contributed by atoms with van der Waals surface area (Å²) in [5, 5.41) is 0.543. The van der Waals surface area contributed by atoms with Crippen LogP contribution in [0.2, 0.25) is 0 Å². The Kier molecular flexibility index (Phi) is 5.89. The number of aromatic nitrogens is 1. The minimum absolute atomic E-state index is 0.199. The number of nitrogens with zero attached hydrogens (tertiary/aromatic N) is 1. The second-order valence-electron chi connectivity index (χ2n) is 6.61. The van der Waals surface area contributed by atoms with Crippen molar-refractivity contribution in [3.63, 3.8) is 0 Å². The fraction of sp³-hybridized carbons (Fsp3) is 0.0435. The number of hydrazine groups is 1. The van der Waals surface area contributed by atoms with Crippen molar-refractivity contribution in [3.8, 4) is 11.5 Å². The van der Waals surface area contributed by atoms with Crippen LogP contribution < -0.4 is 10.9 Å². The Balaban J connectivity index is 1.43. The molecular formula is C23H16FN3O5. The maximum atomic E-state index is 13.6. The SMILES string of the molecule is O=C(COC(=O)c1cc(-c2ccco2)nc2ccccc12)NNC(=O)c1ccccc1F. The van der Waals surface area contributed by atoms with Gasteiger partial charge in [-0.05, 0) is 36.4 Å². The van der Waals surface area contributed by atoms with Gasteiger partial charge in [-0.25, -0.2) is 14.2 Å². The van der Waals surface area contributed by atoms with E-state index in [4.69, 9.17) is 9.15 Å². The standard InChI is InChI=1S/C23H16FN3O5/c24-17-8-3-1-7-15(17)22(29)27-26-21(28)13-32-23(30)16-12-19(20-10-5-11-31-20)25-18-9-4-2-6-14(16)18/h1-12H,13H2,(H,26,28)(H,27,29). The molecule has 0 saturated heterocycles. The Hall–Kier alpha value is -4.53. The largest absolute Gasteiger partial charge is 0.463 e. The van der Waals surface area contributed by atoms with Crippen molar-refractivity contribution in [3.05, 3.63) is 89.9 Å². The summed E-state index contributed by atoms with van der Waals surface area (Å²) >= 11 is 0. The van der Waals surface area contributed by atoms with Gasteiger partial charge in [-0.15, -0.1) is 0 Å². The van der Waals surface area contributed by atoms with E-state index in [1.807, 2.05) is 0 Å². The predicted octanol–water partition coefficient (Wildman–Crippen LogP) is 3.25. The number of hydrogen-bond acceptors (Lipinski definition) is 6. The molecule has 4 rings (SSSR count). The summed E-state index contributed by atoms with van der Waals surface area (Å²) in [6.45, 7) is -0.664. The molecule has 0 fully saturated rings. The van der Waals surface area contributed by atoms with Crippen LogP contribution in [0.1, 0.15) is 20.7 Å². The summed E-state index contributed by atoms with van der Waals surface area (Å²) in [7, 11) is 0. The molecule has 0 aliphatic rings. The fourth-order valence-corrected chi connectivity index (χ4v) is 2.98. The number of fused-ring (bicyclic) bond motifs is 1. The van der Waals surface area contributed by atoms with Crippen LogP contribution in [0.15, 0.2) is 77.4 Å². The first-order valence-electron chi connectivity index (χ1n) is 9.47. The predicted molar refractivity (Wildman–Crippen MR) is 112 cm³/mol. The van der Waals surface area contributed by atoms with Crippen LogP contribution in [0, 0.1) is 5.82 Å². The summed E-state index contributed by atoms with van der Waals surface area (Å²) in [5.74, 6) is -2.66. The number of nitrogens with one attached hydrogen (secondary N) is 2. The van der Waals surface area contributed by atoms with E-state index in [0.717, 1.165) is 6.07 Å². The first-order chi connectivity index (χ1) is 15.5. The smallest absolute Gasteiger partial charge is 0.339 e. The molecule has 160 valence electrons. The summed E-state index contributed by atoms with van der Waals surface area (Å²) in [6.07, 6.45) is 1.49. The van der Waals surface area contributed by atoms with Crippen molar-refractivity contribution < 1.29 is 27.9 Å². The highest BCUT2D eigenvalue weighted by atomic mass is 19.1. The molecular weight excluding hydrogens is 417 g/mol. The minimum atomic E-state index is -0.842. The minimum Gasteiger partial charge on any atom is -0.463 e. The molecule has 8 nitrogen and oxygen atoms in total. The molecule has 2 N–H and O–H groups in total. The monoisotopic (exact) mass is 433 g/mol. The number of carbonyl (C=O) groups is 3. The van der Waals surface area contributed by atoms with Crippen LogP contribution in [0.5, 0.6) is 0 Å². The molecule has 0 aliphatic carbocycles. The Morgan fingerprint density at radius 1 is 0.938 bits per heavy atom. The zero-order valence-corrected chi connectivity index (χ0v) is 16.5. The molecule has 0 unspecified atom stereocenters. The van der Waals surface area contributed by atoms with Crippen molar-refractivity contribution in [2.75, 3.05) is 6.61 Å². The molecule has 4 aromatic rings. The number of carbonyl (C=O) groups excluding carboxylic acids is 3. The van der Waals surface area contributed by atoms with Gasteiger partial charge in [0.05, 0.1) is 22.9 Å². The lowest BCUT2D eigenvalue weighted by atomic mass is 10.1. The number of esters is 1. The lowest BCUT2D eigenvalue weighted by Crippen LogP contribution is -2.43. The second kappa shape index (κ2) is 9.09. The molecule has 2 aromatic carbocycles. The van der Waals surface area contributed by atoms with E-state index in [1.165, 1.54) is 30.5 Å². The Labute approximate surface area is 181 Å². The van der Waals surface area contributed by atoms with E-state index < -0.39 is 30.2 Å². The summed E-state index contributed by atoms with van der Waals surface area (Å²) < 4.78 is 24.1. The van der Waals surface area contributed by atoms with Crippen LogP contribution in [-0.2, 0) is 9.53 Å². The summed E-state index contributed by atoms with van der Waals surface area (Å²) in [5.41, 5.74) is 5.09. The first-order valence-corrected chi connectivity index (χ1v) is 9.47. The highest BCUT2D eigenvalue weighted by Crippen LogP contribution is 2.25. The molecule has 0 spiro atoms. The van der Waals surface area contributed by atoms with Gasteiger partial charge in [-0.1, -0.05) is 30.3 Å². The van der Waals surface area contributed by atoms with Crippen molar-refractivity contribution in [2.24, 2.45) is 0 Å². The van der Waals surface area contributed by atoms with E-state index in [2.05, 4.69) is 15.8 Å². The van der Waals surface area contributed by atoms with Crippen LogP contribution in [0.25, 0.3) is 22.4 Å². The molecule has 0 aliphatic heterocycles. The maximum absolute atomic E-state index is 13.6. The van der Waals surface area contributed by atoms with Gasteiger partial charge in [-0.3, -0.25) is 20.4 Å². The Bertz CT molecular complexity index is 1300. The number of amides is 2. The molecule has 0 saturated carbocycles. The molecule has 0 bridgehead atoms. The molecule has 2 heterocycles. The highest BCUT2D eigenvalue weighted by molar-refractivity contribution is 6.05. The summed E-state index contributed by atoms with van der Waals surface area (Å²) in [4.78, 5) is 41.1. The number of benzene rings is 2. The van der Waals surface area contributed by atoms with Crippen molar-refractivity contribution in [1.82, 2.24) is 15.8 Å². The van der Waals surface area contributed by atoms with Gasteiger partial charge in [0.25, 0.3) is 11.8 Å². The fourth-order valence-electron chi connectivity index (χ4n) is 2.98. The number of ether oxygens (including phenoxy) is 1. The molecule has 0 atom stereocenters.